The number of hydrogen-bond donors (Lipinski definition) is 0. The summed E-state index contributed by atoms with van der Waals surface area (Å²) in [5.74, 6) is 0.342. The second-order valence-electron chi connectivity index (χ2n) is 8.67. The van der Waals surface area contributed by atoms with Gasteiger partial charge in [0.15, 0.2) is 0 Å². The number of hydrogen-bond acceptors (Lipinski definition) is 3. The van der Waals surface area contributed by atoms with E-state index in [0.29, 0.717) is 12.0 Å². The molecule has 3 nitrogen and oxygen atoms in total. The number of carbonyl (C=O) groups excluding carboxylic acids is 1. The summed E-state index contributed by atoms with van der Waals surface area (Å²) in [7, 11) is 1.50. The van der Waals surface area contributed by atoms with E-state index in [1.807, 2.05) is 6.07 Å². The fourth-order valence-corrected chi connectivity index (χ4v) is 5.37. The maximum Gasteiger partial charge on any atom is 0.338 e. The maximum atomic E-state index is 12.7. The van der Waals surface area contributed by atoms with Crippen LogP contribution >= 0.6 is 0 Å². The summed E-state index contributed by atoms with van der Waals surface area (Å²) in [5, 5.41) is 0. The lowest BCUT2D eigenvalue weighted by Gasteiger charge is -2.26. The lowest BCUT2D eigenvalue weighted by molar-refractivity contribution is 0.0599. The molecule has 0 unspecified atom stereocenters. The average Bonchev–Trinajstić information content (AvgIpc) is 3.43. The predicted molar refractivity (Wildman–Crippen MR) is 118 cm³/mol. The molecule has 2 aliphatic rings. The summed E-state index contributed by atoms with van der Waals surface area (Å²) in [6.45, 7) is 4.52. The first-order valence-corrected chi connectivity index (χ1v) is 11.2. The van der Waals surface area contributed by atoms with Crippen LogP contribution in [0.25, 0.3) is 11.1 Å². The Hall–Kier alpha value is -2.13. The highest BCUT2D eigenvalue weighted by Crippen LogP contribution is 2.42. The van der Waals surface area contributed by atoms with Gasteiger partial charge in [-0.2, -0.15) is 0 Å². The van der Waals surface area contributed by atoms with Crippen molar-refractivity contribution in [3.63, 3.8) is 0 Å². The Balaban J connectivity index is 1.80. The van der Waals surface area contributed by atoms with Crippen LogP contribution in [0.2, 0.25) is 0 Å². The highest BCUT2D eigenvalue weighted by molar-refractivity contribution is 5.93. The van der Waals surface area contributed by atoms with Crippen molar-refractivity contribution in [2.45, 2.75) is 63.8 Å². The van der Waals surface area contributed by atoms with Crippen LogP contribution in [0, 0.1) is 0 Å². The van der Waals surface area contributed by atoms with Gasteiger partial charge in [-0.25, -0.2) is 4.79 Å². The largest absolute Gasteiger partial charge is 0.465 e. The van der Waals surface area contributed by atoms with E-state index in [9.17, 15) is 4.79 Å². The zero-order valence-corrected chi connectivity index (χ0v) is 17.8. The van der Waals surface area contributed by atoms with Crippen molar-refractivity contribution in [2.75, 3.05) is 20.2 Å². The van der Waals surface area contributed by atoms with Crippen molar-refractivity contribution in [1.29, 1.82) is 0 Å². The maximum absolute atomic E-state index is 12.7. The van der Waals surface area contributed by atoms with E-state index in [1.54, 1.807) is 0 Å². The van der Waals surface area contributed by atoms with Crippen LogP contribution < -0.4 is 0 Å². The van der Waals surface area contributed by atoms with Gasteiger partial charge in [0.25, 0.3) is 0 Å². The Bertz CT molecular complexity index is 839. The number of methoxy groups -OCH3 is 1. The smallest absolute Gasteiger partial charge is 0.338 e. The quantitative estimate of drug-likeness (QED) is 0.581. The monoisotopic (exact) mass is 391 g/mol. The number of carbonyl (C=O) groups is 1. The van der Waals surface area contributed by atoms with E-state index in [1.165, 1.54) is 74.4 Å². The summed E-state index contributed by atoms with van der Waals surface area (Å²) in [6.07, 6.45) is 8.48. The summed E-state index contributed by atoms with van der Waals surface area (Å²) in [5.41, 5.74) is 5.95. The molecule has 2 fully saturated rings. The SMILES string of the molecule is COC(=O)c1ccc(-c2ccccc2)c(C2CCCC2)c1CCN1CCC[C@H]1C. The first-order valence-electron chi connectivity index (χ1n) is 11.2. The molecule has 29 heavy (non-hydrogen) atoms. The fourth-order valence-electron chi connectivity index (χ4n) is 5.37. The Morgan fingerprint density at radius 3 is 2.45 bits per heavy atom. The first-order chi connectivity index (χ1) is 14.2. The van der Waals surface area contributed by atoms with E-state index in [0.717, 1.165) is 18.5 Å². The van der Waals surface area contributed by atoms with Crippen molar-refractivity contribution in [2.24, 2.45) is 0 Å². The molecule has 1 aliphatic heterocycles. The standard InChI is InChI=1S/C26H33NO2/c1-19-9-8-17-27(19)18-16-23-24(26(28)29-2)15-14-22(20-10-4-3-5-11-20)25(23)21-12-6-7-13-21/h3-5,10-11,14-15,19,21H,6-9,12-13,16-18H2,1-2H3/t19-/m1/s1. The van der Waals surface area contributed by atoms with Gasteiger partial charge in [-0.05, 0) is 79.8 Å². The van der Waals surface area contributed by atoms with Crippen LogP contribution in [-0.4, -0.2) is 37.1 Å². The van der Waals surface area contributed by atoms with Crippen molar-refractivity contribution < 1.29 is 9.53 Å². The van der Waals surface area contributed by atoms with Crippen LogP contribution in [-0.2, 0) is 11.2 Å². The molecule has 4 rings (SSSR count). The fraction of sp³-hybridized carbons (Fsp3) is 0.500. The molecule has 1 heterocycles. The van der Waals surface area contributed by atoms with Gasteiger partial charge in [0, 0.05) is 12.6 Å². The second kappa shape index (κ2) is 9.13. The average molecular weight is 392 g/mol. The van der Waals surface area contributed by atoms with E-state index in [2.05, 4.69) is 48.2 Å². The van der Waals surface area contributed by atoms with Gasteiger partial charge in [0.2, 0.25) is 0 Å². The normalized spacial score (nSPS) is 20.3. The molecule has 1 atom stereocenters. The summed E-state index contributed by atoms with van der Waals surface area (Å²) in [6, 6.07) is 15.4. The number of benzene rings is 2. The van der Waals surface area contributed by atoms with Gasteiger partial charge in [-0.1, -0.05) is 49.2 Å². The van der Waals surface area contributed by atoms with Crippen LogP contribution in [0.5, 0.6) is 0 Å². The number of likely N-dealkylation sites (tertiary alicyclic amines) is 1. The minimum atomic E-state index is -0.201. The molecule has 2 aromatic carbocycles. The molecule has 2 aromatic rings. The summed E-state index contributed by atoms with van der Waals surface area (Å²) in [4.78, 5) is 15.3. The second-order valence-corrected chi connectivity index (χ2v) is 8.67. The third-order valence-corrected chi connectivity index (χ3v) is 6.95. The summed E-state index contributed by atoms with van der Waals surface area (Å²) < 4.78 is 5.18. The van der Waals surface area contributed by atoms with Gasteiger partial charge in [0.1, 0.15) is 0 Å². The Morgan fingerprint density at radius 2 is 1.79 bits per heavy atom. The van der Waals surface area contributed by atoms with Gasteiger partial charge in [-0.15, -0.1) is 0 Å². The zero-order chi connectivity index (χ0) is 20.2. The third-order valence-electron chi connectivity index (χ3n) is 6.95. The Morgan fingerprint density at radius 1 is 1.03 bits per heavy atom. The van der Waals surface area contributed by atoms with Gasteiger partial charge >= 0.3 is 5.97 Å². The zero-order valence-electron chi connectivity index (χ0n) is 17.8. The Kier molecular flexibility index (Phi) is 6.34. The van der Waals surface area contributed by atoms with Gasteiger partial charge in [0.05, 0.1) is 12.7 Å². The molecule has 0 amide bonds. The molecule has 0 spiro atoms. The van der Waals surface area contributed by atoms with Crippen molar-refractivity contribution in [1.82, 2.24) is 4.90 Å². The molecule has 1 saturated carbocycles. The van der Waals surface area contributed by atoms with Crippen LogP contribution in [0.4, 0.5) is 0 Å². The van der Waals surface area contributed by atoms with Crippen LogP contribution in [0.15, 0.2) is 42.5 Å². The number of esters is 1. The molecule has 154 valence electrons. The molecule has 1 aliphatic carbocycles. The molecular weight excluding hydrogens is 358 g/mol. The minimum absolute atomic E-state index is 0.201. The molecule has 0 bridgehead atoms. The van der Waals surface area contributed by atoms with Crippen LogP contribution in [0.1, 0.15) is 72.9 Å². The van der Waals surface area contributed by atoms with E-state index in [-0.39, 0.29) is 5.97 Å². The lowest BCUT2D eigenvalue weighted by Crippen LogP contribution is -2.29. The Labute approximate surface area is 175 Å². The number of rotatable bonds is 6. The molecule has 0 aromatic heterocycles. The minimum Gasteiger partial charge on any atom is -0.465 e. The topological polar surface area (TPSA) is 29.5 Å². The highest BCUT2D eigenvalue weighted by Gasteiger charge is 2.28. The predicted octanol–water partition coefficient (Wildman–Crippen LogP) is 5.82. The van der Waals surface area contributed by atoms with Crippen molar-refractivity contribution in [3.8, 4) is 11.1 Å². The first kappa shape index (κ1) is 20.2. The van der Waals surface area contributed by atoms with Crippen molar-refractivity contribution in [3.05, 3.63) is 59.2 Å². The summed E-state index contributed by atoms with van der Waals surface area (Å²) >= 11 is 0. The number of nitrogens with zero attached hydrogens (tertiary/aromatic N) is 1. The van der Waals surface area contributed by atoms with Crippen LogP contribution in [0.3, 0.4) is 0 Å². The molecule has 0 N–H and O–H groups in total. The molecule has 3 heteroatoms. The van der Waals surface area contributed by atoms with E-state index < -0.39 is 0 Å². The van der Waals surface area contributed by atoms with Gasteiger partial charge in [-0.3, -0.25) is 0 Å². The van der Waals surface area contributed by atoms with E-state index >= 15 is 0 Å². The third kappa shape index (κ3) is 4.25. The lowest BCUT2D eigenvalue weighted by atomic mass is 9.82. The molecule has 1 saturated heterocycles. The molecule has 0 radical (unpaired) electrons. The van der Waals surface area contributed by atoms with E-state index in [4.69, 9.17) is 4.74 Å². The van der Waals surface area contributed by atoms with Crippen molar-refractivity contribution >= 4 is 5.97 Å². The molecular formula is C26H33NO2. The highest BCUT2D eigenvalue weighted by atomic mass is 16.5. The van der Waals surface area contributed by atoms with Gasteiger partial charge < -0.3 is 9.64 Å². The number of ether oxygens (including phenoxy) is 1.